The Morgan fingerprint density at radius 1 is 1.12 bits per heavy atom. The van der Waals surface area contributed by atoms with Gasteiger partial charge in [-0.3, -0.25) is 9.59 Å². The van der Waals surface area contributed by atoms with Crippen LogP contribution in [0.5, 0.6) is 5.75 Å². The topological polar surface area (TPSA) is 49.9 Å². The zero-order valence-electron chi connectivity index (χ0n) is 14.0. The van der Waals surface area contributed by atoms with E-state index in [9.17, 15) is 14.0 Å². The average Bonchev–Trinajstić information content (AvgIpc) is 3.16. The minimum absolute atomic E-state index is 0.0268. The van der Waals surface area contributed by atoms with Gasteiger partial charge in [-0.2, -0.15) is 0 Å². The molecule has 7 heteroatoms. The number of hydrogen-bond acceptors (Lipinski definition) is 3. The van der Waals surface area contributed by atoms with Crippen molar-refractivity contribution >= 4 is 23.4 Å². The van der Waals surface area contributed by atoms with Crippen LogP contribution in [0.2, 0.25) is 5.02 Å². The number of hydrogen-bond donors (Lipinski definition) is 0. The lowest BCUT2D eigenvalue weighted by Crippen LogP contribution is -2.45. The molecule has 0 aliphatic carbocycles. The zero-order valence-corrected chi connectivity index (χ0v) is 14.8. The van der Waals surface area contributed by atoms with Gasteiger partial charge >= 0.3 is 0 Å². The van der Waals surface area contributed by atoms with Crippen LogP contribution in [0.4, 0.5) is 4.39 Å². The van der Waals surface area contributed by atoms with Crippen LogP contribution < -0.4 is 4.74 Å². The number of carbonyl (C=O) groups excluding carboxylic acids is 2. The van der Waals surface area contributed by atoms with E-state index in [1.807, 2.05) is 4.90 Å². The molecular weight excluding hydrogens is 347 g/mol. The van der Waals surface area contributed by atoms with Crippen LogP contribution in [0, 0.1) is 11.7 Å². The maximum atomic E-state index is 13.1. The monoisotopic (exact) mass is 368 g/mol. The Morgan fingerprint density at radius 2 is 1.80 bits per heavy atom. The third kappa shape index (κ3) is 4.42. The van der Waals surface area contributed by atoms with Crippen molar-refractivity contribution in [3.05, 3.63) is 29.0 Å². The van der Waals surface area contributed by atoms with Gasteiger partial charge in [0.25, 0.3) is 5.91 Å². The van der Waals surface area contributed by atoms with Crippen molar-refractivity contribution in [1.82, 2.24) is 9.80 Å². The fourth-order valence-corrected chi connectivity index (χ4v) is 3.55. The average molecular weight is 369 g/mol. The number of carbonyl (C=O) groups is 2. The van der Waals surface area contributed by atoms with Crippen LogP contribution in [0.25, 0.3) is 0 Å². The molecule has 2 aliphatic rings. The molecule has 2 heterocycles. The van der Waals surface area contributed by atoms with Crippen molar-refractivity contribution in [3.8, 4) is 5.75 Å². The fourth-order valence-electron chi connectivity index (χ4n) is 3.37. The van der Waals surface area contributed by atoms with Gasteiger partial charge in [0.1, 0.15) is 11.6 Å². The molecule has 5 nitrogen and oxygen atoms in total. The fraction of sp³-hybridized carbons (Fsp3) is 0.556. The number of amides is 2. The second-order valence-corrected chi connectivity index (χ2v) is 6.96. The number of benzene rings is 1. The first-order chi connectivity index (χ1) is 12.0. The van der Waals surface area contributed by atoms with Gasteiger partial charge in [-0.25, -0.2) is 4.39 Å². The Labute approximate surface area is 151 Å². The van der Waals surface area contributed by atoms with Gasteiger partial charge in [-0.1, -0.05) is 11.6 Å². The Balaban J connectivity index is 1.44. The lowest BCUT2D eigenvalue weighted by atomic mass is 9.95. The summed E-state index contributed by atoms with van der Waals surface area (Å²) in [5, 5.41) is -0.0359. The second kappa shape index (κ2) is 8.04. The Hall–Kier alpha value is -1.82. The normalized spacial score (nSPS) is 18.5. The van der Waals surface area contributed by atoms with E-state index in [1.54, 1.807) is 4.90 Å². The number of likely N-dealkylation sites (tertiary alicyclic amines) is 2. The lowest BCUT2D eigenvalue weighted by Gasteiger charge is -2.33. The van der Waals surface area contributed by atoms with Crippen LogP contribution in [0.15, 0.2) is 18.2 Å². The molecular formula is C18H22ClFN2O3. The van der Waals surface area contributed by atoms with E-state index in [1.165, 1.54) is 18.2 Å². The SMILES string of the molecule is O=C(COc1ccc(F)c(Cl)c1)N1CCC(C(=O)N2CCCC2)CC1. The highest BCUT2D eigenvalue weighted by atomic mass is 35.5. The highest BCUT2D eigenvalue weighted by Gasteiger charge is 2.31. The highest BCUT2D eigenvalue weighted by molar-refractivity contribution is 6.30. The van der Waals surface area contributed by atoms with Crippen LogP contribution in [-0.4, -0.2) is 54.4 Å². The first kappa shape index (κ1) is 18.0. The van der Waals surface area contributed by atoms with Gasteiger partial charge < -0.3 is 14.5 Å². The number of nitrogens with zero attached hydrogens (tertiary/aromatic N) is 2. The molecule has 2 amide bonds. The molecule has 0 unspecified atom stereocenters. The van der Waals surface area contributed by atoms with Gasteiger partial charge in [-0.15, -0.1) is 0 Å². The van der Waals surface area contributed by atoms with Gasteiger partial charge in [-0.05, 0) is 37.8 Å². The standard InChI is InChI=1S/C18H22ClFN2O3/c19-15-11-14(3-4-16(15)20)25-12-17(23)21-9-5-13(6-10-21)18(24)22-7-1-2-8-22/h3-4,11,13H,1-2,5-10,12H2. The van der Waals surface area contributed by atoms with E-state index in [0.717, 1.165) is 25.9 Å². The molecule has 2 aliphatic heterocycles. The van der Waals surface area contributed by atoms with Gasteiger partial charge in [0.05, 0.1) is 5.02 Å². The highest BCUT2D eigenvalue weighted by Crippen LogP contribution is 2.23. The second-order valence-electron chi connectivity index (χ2n) is 6.55. The lowest BCUT2D eigenvalue weighted by molar-refractivity contribution is -0.140. The quantitative estimate of drug-likeness (QED) is 0.821. The first-order valence-electron chi connectivity index (χ1n) is 8.69. The summed E-state index contributed by atoms with van der Waals surface area (Å²) in [5.41, 5.74) is 0. The summed E-state index contributed by atoms with van der Waals surface area (Å²) in [4.78, 5) is 28.3. The summed E-state index contributed by atoms with van der Waals surface area (Å²) in [5.74, 6) is -0.0303. The smallest absolute Gasteiger partial charge is 0.260 e. The predicted octanol–water partition coefficient (Wildman–Crippen LogP) is 2.72. The van der Waals surface area contributed by atoms with E-state index in [2.05, 4.69) is 0 Å². The van der Waals surface area contributed by atoms with Crippen molar-refractivity contribution in [1.29, 1.82) is 0 Å². The van der Waals surface area contributed by atoms with Crippen LogP contribution in [0.3, 0.4) is 0 Å². The van der Waals surface area contributed by atoms with Crippen LogP contribution >= 0.6 is 11.6 Å². The summed E-state index contributed by atoms with van der Waals surface area (Å²) in [6.07, 6.45) is 3.58. The molecule has 136 valence electrons. The van der Waals surface area contributed by atoms with Crippen molar-refractivity contribution in [3.63, 3.8) is 0 Å². The molecule has 0 aromatic heterocycles. The van der Waals surface area contributed by atoms with Gasteiger partial charge in [0.2, 0.25) is 5.91 Å². The third-order valence-electron chi connectivity index (χ3n) is 4.87. The Kier molecular flexibility index (Phi) is 5.78. The first-order valence-corrected chi connectivity index (χ1v) is 9.07. The summed E-state index contributed by atoms with van der Waals surface area (Å²) < 4.78 is 18.5. The molecule has 0 N–H and O–H groups in total. The summed E-state index contributed by atoms with van der Waals surface area (Å²) >= 11 is 5.69. The molecule has 0 bridgehead atoms. The van der Waals surface area contributed by atoms with Crippen LogP contribution in [-0.2, 0) is 9.59 Å². The van der Waals surface area contributed by atoms with E-state index < -0.39 is 5.82 Å². The van der Waals surface area contributed by atoms with Gasteiger partial charge in [0, 0.05) is 38.2 Å². The molecule has 0 spiro atoms. The Morgan fingerprint density at radius 3 is 2.44 bits per heavy atom. The van der Waals surface area contributed by atoms with E-state index in [0.29, 0.717) is 31.7 Å². The van der Waals surface area contributed by atoms with Crippen molar-refractivity contribution in [2.24, 2.45) is 5.92 Å². The third-order valence-corrected chi connectivity index (χ3v) is 5.16. The van der Waals surface area contributed by atoms with Crippen molar-refractivity contribution < 1.29 is 18.7 Å². The molecule has 3 rings (SSSR count). The molecule has 25 heavy (non-hydrogen) atoms. The summed E-state index contributed by atoms with van der Waals surface area (Å²) in [7, 11) is 0. The summed E-state index contributed by atoms with van der Waals surface area (Å²) in [6, 6.07) is 4.00. The molecule has 0 radical (unpaired) electrons. The number of halogens is 2. The van der Waals surface area contributed by atoms with Crippen molar-refractivity contribution in [2.75, 3.05) is 32.8 Å². The molecule has 0 atom stereocenters. The molecule has 1 aromatic rings. The van der Waals surface area contributed by atoms with Crippen LogP contribution in [0.1, 0.15) is 25.7 Å². The maximum Gasteiger partial charge on any atom is 0.260 e. The predicted molar refractivity (Wildman–Crippen MR) is 92.0 cm³/mol. The maximum absolute atomic E-state index is 13.1. The van der Waals surface area contributed by atoms with E-state index in [4.69, 9.17) is 16.3 Å². The summed E-state index contributed by atoms with van der Waals surface area (Å²) in [6.45, 7) is 2.75. The van der Waals surface area contributed by atoms with E-state index >= 15 is 0 Å². The number of piperidine rings is 1. The van der Waals surface area contributed by atoms with E-state index in [-0.39, 0.29) is 29.4 Å². The number of rotatable bonds is 4. The molecule has 2 fully saturated rings. The molecule has 1 aromatic carbocycles. The minimum atomic E-state index is -0.523. The molecule has 0 saturated carbocycles. The number of ether oxygens (including phenoxy) is 1. The largest absolute Gasteiger partial charge is 0.484 e. The minimum Gasteiger partial charge on any atom is -0.484 e. The Bertz CT molecular complexity index is 641. The zero-order chi connectivity index (χ0) is 17.8. The molecule has 2 saturated heterocycles. The van der Waals surface area contributed by atoms with Gasteiger partial charge in [0.15, 0.2) is 6.61 Å². The van der Waals surface area contributed by atoms with Crippen molar-refractivity contribution in [2.45, 2.75) is 25.7 Å².